The van der Waals surface area contributed by atoms with Gasteiger partial charge in [0.15, 0.2) is 11.3 Å². The molecule has 2 aromatic carbocycles. The Morgan fingerprint density at radius 3 is 2.27 bits per heavy atom. The number of aromatic hydroxyl groups is 4. The van der Waals surface area contributed by atoms with E-state index in [0.29, 0.717) is 5.56 Å². The standard InChI is InChI=1S/C20H18O6/c1-10(2)3-8-13-14(22)9-15(23)16-17(24)18(25)19(26-20(13)16)11-4-6-12(21)7-5-11/h3-10,21-23,25H,1-2H3. The molecule has 0 saturated heterocycles. The Labute approximate surface area is 148 Å². The van der Waals surface area contributed by atoms with E-state index < -0.39 is 16.9 Å². The lowest BCUT2D eigenvalue weighted by molar-refractivity contribution is 0.437. The fourth-order valence-electron chi connectivity index (χ4n) is 2.60. The van der Waals surface area contributed by atoms with Gasteiger partial charge in [0, 0.05) is 11.6 Å². The zero-order chi connectivity index (χ0) is 19.0. The van der Waals surface area contributed by atoms with E-state index in [9.17, 15) is 25.2 Å². The zero-order valence-corrected chi connectivity index (χ0v) is 14.2. The monoisotopic (exact) mass is 354 g/mol. The van der Waals surface area contributed by atoms with Crippen molar-refractivity contribution in [1.29, 1.82) is 0 Å². The van der Waals surface area contributed by atoms with Crippen LogP contribution in [0.15, 0.2) is 45.6 Å². The summed E-state index contributed by atoms with van der Waals surface area (Å²) in [5.74, 6) is -1.32. The number of hydrogen-bond acceptors (Lipinski definition) is 6. The summed E-state index contributed by atoms with van der Waals surface area (Å²) in [6.07, 6.45) is 3.40. The Kier molecular flexibility index (Phi) is 4.34. The molecule has 0 fully saturated rings. The number of fused-ring (bicyclic) bond motifs is 1. The fourth-order valence-corrected chi connectivity index (χ4v) is 2.60. The molecule has 0 aliphatic heterocycles. The molecule has 0 aliphatic rings. The molecule has 0 saturated carbocycles. The van der Waals surface area contributed by atoms with E-state index in [1.807, 2.05) is 13.8 Å². The molecule has 0 unspecified atom stereocenters. The molecule has 6 heteroatoms. The number of benzene rings is 2. The summed E-state index contributed by atoms with van der Waals surface area (Å²) in [6, 6.07) is 6.77. The van der Waals surface area contributed by atoms with Gasteiger partial charge in [-0.2, -0.15) is 0 Å². The molecule has 3 aromatic rings. The van der Waals surface area contributed by atoms with Gasteiger partial charge >= 0.3 is 0 Å². The lowest BCUT2D eigenvalue weighted by atomic mass is 10.0. The van der Waals surface area contributed by atoms with Crippen LogP contribution in [0.1, 0.15) is 19.4 Å². The first-order valence-electron chi connectivity index (χ1n) is 8.02. The molecule has 1 heterocycles. The third-order valence-corrected chi connectivity index (χ3v) is 3.92. The average Bonchev–Trinajstić information content (AvgIpc) is 2.57. The molecular formula is C20H18O6. The SMILES string of the molecule is CC(C)C=Cc1c(O)cc(O)c2c(=O)c(O)c(-c3ccc(O)cc3)oc12. The van der Waals surface area contributed by atoms with Gasteiger partial charge < -0.3 is 24.8 Å². The molecule has 0 atom stereocenters. The van der Waals surface area contributed by atoms with Gasteiger partial charge in [0.25, 0.3) is 0 Å². The van der Waals surface area contributed by atoms with E-state index in [-0.39, 0.29) is 39.7 Å². The predicted molar refractivity (Wildman–Crippen MR) is 98.5 cm³/mol. The summed E-state index contributed by atoms with van der Waals surface area (Å²) in [5, 5.41) is 39.7. The van der Waals surface area contributed by atoms with Gasteiger partial charge in [-0.25, -0.2) is 0 Å². The highest BCUT2D eigenvalue weighted by atomic mass is 16.4. The summed E-state index contributed by atoms with van der Waals surface area (Å²) in [6.45, 7) is 3.89. The van der Waals surface area contributed by atoms with Gasteiger partial charge in [-0.05, 0) is 30.2 Å². The highest BCUT2D eigenvalue weighted by molar-refractivity contribution is 5.94. The second kappa shape index (κ2) is 6.48. The van der Waals surface area contributed by atoms with Gasteiger partial charge in [-0.1, -0.05) is 26.0 Å². The molecule has 4 N–H and O–H groups in total. The first-order valence-corrected chi connectivity index (χ1v) is 8.02. The minimum Gasteiger partial charge on any atom is -0.508 e. The molecule has 26 heavy (non-hydrogen) atoms. The maximum Gasteiger partial charge on any atom is 0.238 e. The van der Waals surface area contributed by atoms with Crippen molar-refractivity contribution in [2.24, 2.45) is 5.92 Å². The minimum absolute atomic E-state index is 0.0206. The van der Waals surface area contributed by atoms with Crippen molar-refractivity contribution in [2.75, 3.05) is 0 Å². The predicted octanol–water partition coefficient (Wildman–Crippen LogP) is 3.95. The smallest absolute Gasteiger partial charge is 0.238 e. The third kappa shape index (κ3) is 2.97. The maximum atomic E-state index is 12.6. The summed E-state index contributed by atoms with van der Waals surface area (Å²) in [4.78, 5) is 12.6. The molecule has 0 radical (unpaired) electrons. The van der Waals surface area contributed by atoms with Crippen molar-refractivity contribution in [3.05, 3.63) is 52.2 Å². The van der Waals surface area contributed by atoms with Crippen molar-refractivity contribution in [3.8, 4) is 34.3 Å². The van der Waals surface area contributed by atoms with Crippen LogP contribution in [-0.4, -0.2) is 20.4 Å². The summed E-state index contributed by atoms with van der Waals surface area (Å²) >= 11 is 0. The molecule has 6 nitrogen and oxygen atoms in total. The number of hydrogen-bond donors (Lipinski definition) is 4. The van der Waals surface area contributed by atoms with Crippen LogP contribution in [-0.2, 0) is 0 Å². The van der Waals surface area contributed by atoms with Crippen LogP contribution in [0.3, 0.4) is 0 Å². The molecule has 1 aromatic heterocycles. The second-order valence-corrected chi connectivity index (χ2v) is 6.29. The maximum absolute atomic E-state index is 12.6. The Bertz CT molecular complexity index is 1060. The van der Waals surface area contributed by atoms with Crippen LogP contribution >= 0.6 is 0 Å². The van der Waals surface area contributed by atoms with Gasteiger partial charge in [0.2, 0.25) is 11.2 Å². The first kappa shape index (κ1) is 17.4. The van der Waals surface area contributed by atoms with Crippen LogP contribution in [0.2, 0.25) is 0 Å². The highest BCUT2D eigenvalue weighted by Gasteiger charge is 2.21. The quantitative estimate of drug-likeness (QED) is 0.567. The Balaban J connectivity index is 2.39. The van der Waals surface area contributed by atoms with E-state index in [4.69, 9.17) is 4.42 Å². The van der Waals surface area contributed by atoms with Crippen LogP contribution in [0.5, 0.6) is 23.0 Å². The van der Waals surface area contributed by atoms with Crippen molar-refractivity contribution >= 4 is 17.0 Å². The molecule has 3 rings (SSSR count). The van der Waals surface area contributed by atoms with E-state index in [1.165, 1.54) is 24.3 Å². The Hall–Kier alpha value is -3.41. The molecule has 134 valence electrons. The Morgan fingerprint density at radius 1 is 1.00 bits per heavy atom. The van der Waals surface area contributed by atoms with Crippen LogP contribution in [0.4, 0.5) is 0 Å². The minimum atomic E-state index is -0.814. The molecule has 0 spiro atoms. The fraction of sp³-hybridized carbons (Fsp3) is 0.150. The van der Waals surface area contributed by atoms with Crippen molar-refractivity contribution in [2.45, 2.75) is 13.8 Å². The van der Waals surface area contributed by atoms with E-state index in [1.54, 1.807) is 12.2 Å². The topological polar surface area (TPSA) is 111 Å². The third-order valence-electron chi connectivity index (χ3n) is 3.92. The lowest BCUT2D eigenvalue weighted by Crippen LogP contribution is -2.04. The van der Waals surface area contributed by atoms with Gasteiger partial charge in [-0.3, -0.25) is 4.79 Å². The van der Waals surface area contributed by atoms with Gasteiger partial charge in [-0.15, -0.1) is 0 Å². The Morgan fingerprint density at radius 2 is 1.65 bits per heavy atom. The lowest BCUT2D eigenvalue weighted by Gasteiger charge is -2.11. The van der Waals surface area contributed by atoms with E-state index in [2.05, 4.69) is 0 Å². The molecular weight excluding hydrogens is 336 g/mol. The van der Waals surface area contributed by atoms with Crippen LogP contribution in [0.25, 0.3) is 28.4 Å². The number of phenolic OH excluding ortho intramolecular Hbond substituents is 3. The summed E-state index contributed by atoms with van der Waals surface area (Å²) in [7, 11) is 0. The van der Waals surface area contributed by atoms with E-state index >= 15 is 0 Å². The van der Waals surface area contributed by atoms with Gasteiger partial charge in [0.05, 0.1) is 5.56 Å². The molecule has 0 bridgehead atoms. The summed E-state index contributed by atoms with van der Waals surface area (Å²) < 4.78 is 5.72. The molecule has 0 amide bonds. The average molecular weight is 354 g/mol. The zero-order valence-electron chi connectivity index (χ0n) is 14.2. The highest BCUT2D eigenvalue weighted by Crippen LogP contribution is 2.39. The van der Waals surface area contributed by atoms with Crippen LogP contribution < -0.4 is 5.43 Å². The van der Waals surface area contributed by atoms with E-state index in [0.717, 1.165) is 6.07 Å². The normalized spacial score (nSPS) is 11.7. The van der Waals surface area contributed by atoms with Crippen LogP contribution in [0, 0.1) is 5.92 Å². The van der Waals surface area contributed by atoms with Crippen molar-refractivity contribution in [1.82, 2.24) is 0 Å². The number of rotatable bonds is 3. The summed E-state index contributed by atoms with van der Waals surface area (Å²) in [5.41, 5.74) is -0.263. The first-order chi connectivity index (χ1) is 12.3. The number of allylic oxidation sites excluding steroid dienone is 1. The largest absolute Gasteiger partial charge is 0.508 e. The number of phenols is 3. The van der Waals surface area contributed by atoms with Crippen molar-refractivity contribution < 1.29 is 24.8 Å². The van der Waals surface area contributed by atoms with Gasteiger partial charge in [0.1, 0.15) is 22.6 Å². The van der Waals surface area contributed by atoms with Crippen molar-refractivity contribution in [3.63, 3.8) is 0 Å². The second-order valence-electron chi connectivity index (χ2n) is 6.29. The molecule has 0 aliphatic carbocycles.